The van der Waals surface area contributed by atoms with E-state index in [4.69, 9.17) is 9.72 Å². The van der Waals surface area contributed by atoms with E-state index in [1.54, 1.807) is 43.6 Å². The number of non-ortho nitro benzene ring substituents is 1. The Morgan fingerprint density at radius 2 is 1.76 bits per heavy atom. The van der Waals surface area contributed by atoms with E-state index < -0.39 is 16.7 Å². The molecule has 45 heavy (non-hydrogen) atoms. The quantitative estimate of drug-likeness (QED) is 0.174. The van der Waals surface area contributed by atoms with Crippen molar-refractivity contribution in [3.8, 4) is 22.4 Å². The molecule has 0 unspecified atom stereocenters. The average molecular weight is 622 g/mol. The van der Waals surface area contributed by atoms with Crippen LogP contribution in [-0.2, 0) is 22.3 Å². The van der Waals surface area contributed by atoms with E-state index in [0.717, 1.165) is 43.5 Å². The largest absolute Gasteiger partial charge is 0.416 e. The molecule has 3 heterocycles. The maximum absolute atomic E-state index is 13.5. The van der Waals surface area contributed by atoms with Crippen LogP contribution in [0.25, 0.3) is 28.0 Å². The maximum Gasteiger partial charge on any atom is 0.416 e. The van der Waals surface area contributed by atoms with Gasteiger partial charge in [0.2, 0.25) is 5.91 Å². The van der Waals surface area contributed by atoms with Gasteiger partial charge in [0, 0.05) is 69.6 Å². The SMILES string of the molecule is CO[C@H]1CCC[C@H](C(=O)N2CCN(Cc3c(-c4cccc([N+](=O)[O-])c4)nc4ccc(-c5cccc(C(F)(F)F)c5)cn34)CC2)C1. The molecule has 4 aromatic rings. The number of piperazine rings is 1. The zero-order valence-corrected chi connectivity index (χ0v) is 24.9. The van der Waals surface area contributed by atoms with Crippen LogP contribution < -0.4 is 0 Å². The first-order valence-electron chi connectivity index (χ1n) is 15.1. The van der Waals surface area contributed by atoms with Crippen LogP contribution in [-0.4, -0.2) is 69.4 Å². The second-order valence-electron chi connectivity index (χ2n) is 11.8. The van der Waals surface area contributed by atoms with E-state index in [2.05, 4.69) is 4.90 Å². The number of hydrogen-bond donors (Lipinski definition) is 0. The van der Waals surface area contributed by atoms with Gasteiger partial charge in [-0.05, 0) is 54.7 Å². The highest BCUT2D eigenvalue weighted by Gasteiger charge is 2.33. The van der Waals surface area contributed by atoms with Crippen molar-refractivity contribution in [1.82, 2.24) is 19.2 Å². The summed E-state index contributed by atoms with van der Waals surface area (Å²) in [5.41, 5.74) is 2.65. The van der Waals surface area contributed by atoms with Crippen molar-refractivity contribution >= 4 is 17.2 Å². The standard InChI is InChI=1S/C33H34F3N5O4/c1-45-28-10-4-7-24(19-28)32(42)39-15-13-38(14-16-39)21-29-31(23-6-3-9-27(18-23)41(43)44)37-30-12-11-25(20-40(29)30)22-5-2-8-26(17-22)33(34,35)36/h2-3,5-6,8-9,11-12,17-18,20,24,28H,4,7,10,13-16,19,21H2,1H3/t24-,28-/m0/s1. The van der Waals surface area contributed by atoms with Gasteiger partial charge in [0.1, 0.15) is 5.65 Å². The zero-order valence-electron chi connectivity index (χ0n) is 24.9. The predicted octanol–water partition coefficient (Wildman–Crippen LogP) is 6.44. The normalized spacial score (nSPS) is 19.6. The predicted molar refractivity (Wildman–Crippen MR) is 162 cm³/mol. The van der Waals surface area contributed by atoms with Crippen LogP contribution in [0.3, 0.4) is 0 Å². The van der Waals surface area contributed by atoms with Crippen LogP contribution in [0.2, 0.25) is 0 Å². The van der Waals surface area contributed by atoms with Gasteiger partial charge in [-0.3, -0.25) is 19.8 Å². The van der Waals surface area contributed by atoms with Crippen LogP contribution >= 0.6 is 0 Å². The second kappa shape index (κ2) is 12.6. The summed E-state index contributed by atoms with van der Waals surface area (Å²) in [5.74, 6) is 0.151. The molecule has 1 saturated heterocycles. The Balaban J connectivity index is 1.30. The van der Waals surface area contributed by atoms with Gasteiger partial charge in [-0.1, -0.05) is 30.7 Å². The van der Waals surface area contributed by atoms with Crippen LogP contribution in [0.4, 0.5) is 18.9 Å². The Hall–Kier alpha value is -4.29. The van der Waals surface area contributed by atoms with Gasteiger partial charge in [0.05, 0.1) is 28.0 Å². The first-order valence-corrected chi connectivity index (χ1v) is 15.1. The van der Waals surface area contributed by atoms with Gasteiger partial charge in [-0.15, -0.1) is 0 Å². The average Bonchev–Trinajstić information content (AvgIpc) is 3.42. The molecular weight excluding hydrogens is 587 g/mol. The summed E-state index contributed by atoms with van der Waals surface area (Å²) in [6, 6.07) is 14.9. The number of methoxy groups -OCH3 is 1. The number of carbonyl (C=O) groups is 1. The second-order valence-corrected chi connectivity index (χ2v) is 11.8. The number of aromatic nitrogens is 2. The zero-order chi connectivity index (χ0) is 31.7. The lowest BCUT2D eigenvalue weighted by atomic mass is 9.86. The number of fused-ring (bicyclic) bond motifs is 1. The van der Waals surface area contributed by atoms with E-state index in [1.807, 2.05) is 9.30 Å². The van der Waals surface area contributed by atoms with Gasteiger partial charge in [0.25, 0.3) is 5.69 Å². The fourth-order valence-electron chi connectivity index (χ4n) is 6.47. The molecule has 2 aromatic heterocycles. The highest BCUT2D eigenvalue weighted by Crippen LogP contribution is 2.34. The number of nitrogens with zero attached hydrogens (tertiary/aromatic N) is 5. The molecule has 0 radical (unpaired) electrons. The number of imidazole rings is 1. The van der Waals surface area contributed by atoms with E-state index in [-0.39, 0.29) is 23.6 Å². The van der Waals surface area contributed by atoms with Crippen molar-refractivity contribution in [1.29, 1.82) is 0 Å². The topological polar surface area (TPSA) is 93.2 Å². The molecular formula is C33H34F3N5O4. The maximum atomic E-state index is 13.5. The van der Waals surface area contributed by atoms with Crippen molar-refractivity contribution in [3.05, 3.63) is 88.2 Å². The number of carbonyl (C=O) groups excluding carboxylic acids is 1. The highest BCUT2D eigenvalue weighted by molar-refractivity contribution is 5.79. The third kappa shape index (κ3) is 6.57. The lowest BCUT2D eigenvalue weighted by molar-refractivity contribution is -0.384. The summed E-state index contributed by atoms with van der Waals surface area (Å²) < 4.78 is 47.8. The Morgan fingerprint density at radius 1 is 1.00 bits per heavy atom. The minimum absolute atomic E-state index is 0.0243. The minimum atomic E-state index is -4.47. The van der Waals surface area contributed by atoms with Crippen LogP contribution in [0.1, 0.15) is 36.9 Å². The van der Waals surface area contributed by atoms with Crippen LogP contribution in [0, 0.1) is 16.0 Å². The smallest absolute Gasteiger partial charge is 0.381 e. The van der Waals surface area contributed by atoms with Crippen molar-refractivity contribution in [2.75, 3.05) is 33.3 Å². The number of benzene rings is 2. The number of amides is 1. The monoisotopic (exact) mass is 621 g/mol. The lowest BCUT2D eigenvalue weighted by Crippen LogP contribution is -2.50. The van der Waals surface area contributed by atoms with E-state index >= 15 is 0 Å². The number of rotatable bonds is 7. The molecule has 12 heteroatoms. The minimum Gasteiger partial charge on any atom is -0.381 e. The van der Waals surface area contributed by atoms with Gasteiger partial charge < -0.3 is 14.0 Å². The number of nitro groups is 1. The number of nitro benzene ring substituents is 1. The van der Waals surface area contributed by atoms with Crippen molar-refractivity contribution in [2.24, 2.45) is 5.92 Å². The molecule has 2 aliphatic rings. The summed E-state index contributed by atoms with van der Waals surface area (Å²) in [6.45, 7) is 2.83. The van der Waals surface area contributed by atoms with E-state index in [1.165, 1.54) is 18.2 Å². The van der Waals surface area contributed by atoms with Crippen LogP contribution in [0.15, 0.2) is 66.9 Å². The first kappa shape index (κ1) is 30.7. The number of hydrogen-bond acceptors (Lipinski definition) is 6. The van der Waals surface area contributed by atoms with Gasteiger partial charge in [0.15, 0.2) is 0 Å². The Bertz CT molecular complexity index is 1710. The molecule has 1 aliphatic carbocycles. The summed E-state index contributed by atoms with van der Waals surface area (Å²) in [5, 5.41) is 11.5. The van der Waals surface area contributed by atoms with Crippen molar-refractivity contribution < 1.29 is 27.6 Å². The van der Waals surface area contributed by atoms with Gasteiger partial charge in [-0.25, -0.2) is 4.98 Å². The molecule has 0 spiro atoms. The Labute approximate surface area is 258 Å². The third-order valence-corrected chi connectivity index (χ3v) is 8.94. The molecule has 6 rings (SSSR count). The molecule has 236 valence electrons. The molecule has 0 bridgehead atoms. The van der Waals surface area contributed by atoms with Gasteiger partial charge in [-0.2, -0.15) is 13.2 Å². The molecule has 0 N–H and O–H groups in total. The molecule has 2 fully saturated rings. The number of ether oxygens (including phenoxy) is 1. The Morgan fingerprint density at radius 3 is 2.49 bits per heavy atom. The number of pyridine rings is 1. The molecule has 9 nitrogen and oxygen atoms in total. The number of alkyl halides is 3. The molecule has 1 saturated carbocycles. The molecule has 1 aliphatic heterocycles. The first-order chi connectivity index (χ1) is 21.6. The highest BCUT2D eigenvalue weighted by atomic mass is 19.4. The van der Waals surface area contributed by atoms with Gasteiger partial charge >= 0.3 is 6.18 Å². The van der Waals surface area contributed by atoms with Crippen LogP contribution in [0.5, 0.6) is 0 Å². The lowest BCUT2D eigenvalue weighted by Gasteiger charge is -2.38. The van der Waals surface area contributed by atoms with E-state index in [0.29, 0.717) is 60.8 Å². The van der Waals surface area contributed by atoms with E-state index in [9.17, 15) is 28.1 Å². The summed E-state index contributed by atoms with van der Waals surface area (Å²) in [7, 11) is 1.70. The summed E-state index contributed by atoms with van der Waals surface area (Å²) in [4.78, 5) is 33.4. The molecule has 2 aromatic carbocycles. The van der Waals surface area contributed by atoms with Crippen molar-refractivity contribution in [3.63, 3.8) is 0 Å². The fourth-order valence-corrected chi connectivity index (χ4v) is 6.47. The Kier molecular flexibility index (Phi) is 8.61. The fraction of sp³-hybridized carbons (Fsp3) is 0.394. The van der Waals surface area contributed by atoms with Crippen molar-refractivity contribution in [2.45, 2.75) is 44.5 Å². The molecule has 2 atom stereocenters. The number of halogens is 3. The molecule has 1 amide bonds. The summed E-state index contributed by atoms with van der Waals surface area (Å²) >= 11 is 0. The third-order valence-electron chi connectivity index (χ3n) is 8.94. The summed E-state index contributed by atoms with van der Waals surface area (Å²) in [6.07, 6.45) is 1.00.